The fourth-order valence-corrected chi connectivity index (χ4v) is 3.87. The van der Waals surface area contributed by atoms with E-state index >= 15 is 0 Å². The first-order valence-electron chi connectivity index (χ1n) is 8.30. The SMILES string of the molecule is Cc1cccc(C2NC(C)C(=O)N2C(C2CC2)C2CC2)c1. The lowest BCUT2D eigenvalue weighted by molar-refractivity contribution is -0.133. The summed E-state index contributed by atoms with van der Waals surface area (Å²) in [5.41, 5.74) is 2.50. The Hall–Kier alpha value is -1.35. The van der Waals surface area contributed by atoms with Crippen LogP contribution in [0.1, 0.15) is 49.9 Å². The number of nitrogens with zero attached hydrogens (tertiary/aromatic N) is 1. The van der Waals surface area contributed by atoms with Crippen molar-refractivity contribution in [2.45, 2.75) is 57.8 Å². The van der Waals surface area contributed by atoms with Crippen molar-refractivity contribution in [3.63, 3.8) is 0 Å². The van der Waals surface area contributed by atoms with Crippen molar-refractivity contribution in [1.82, 2.24) is 10.2 Å². The second kappa shape index (κ2) is 4.84. The van der Waals surface area contributed by atoms with Crippen LogP contribution in [0.2, 0.25) is 0 Å². The Labute approximate surface area is 126 Å². The number of aryl methyl sites for hydroxylation is 1. The number of amides is 1. The van der Waals surface area contributed by atoms with E-state index in [0.29, 0.717) is 11.9 Å². The molecule has 3 fully saturated rings. The Morgan fingerprint density at radius 2 is 1.86 bits per heavy atom. The maximum atomic E-state index is 12.7. The van der Waals surface area contributed by atoms with Crippen LogP contribution >= 0.6 is 0 Å². The number of hydrogen-bond donors (Lipinski definition) is 1. The summed E-state index contributed by atoms with van der Waals surface area (Å²) in [4.78, 5) is 14.9. The number of carbonyl (C=O) groups is 1. The molecule has 1 aliphatic heterocycles. The minimum Gasteiger partial charge on any atom is -0.318 e. The minimum atomic E-state index is -0.0597. The van der Waals surface area contributed by atoms with Gasteiger partial charge in [0.1, 0.15) is 6.17 Å². The molecule has 1 amide bonds. The molecule has 3 nitrogen and oxygen atoms in total. The summed E-state index contributed by atoms with van der Waals surface area (Å²) in [6, 6.07) is 9.00. The summed E-state index contributed by atoms with van der Waals surface area (Å²) >= 11 is 0. The number of benzene rings is 1. The van der Waals surface area contributed by atoms with E-state index in [0.717, 1.165) is 11.8 Å². The first-order valence-corrected chi connectivity index (χ1v) is 8.30. The molecule has 0 bridgehead atoms. The molecule has 21 heavy (non-hydrogen) atoms. The van der Waals surface area contributed by atoms with E-state index < -0.39 is 0 Å². The van der Waals surface area contributed by atoms with Gasteiger partial charge in [0.25, 0.3) is 0 Å². The van der Waals surface area contributed by atoms with Crippen LogP contribution in [0.15, 0.2) is 24.3 Å². The van der Waals surface area contributed by atoms with Gasteiger partial charge in [-0.15, -0.1) is 0 Å². The Morgan fingerprint density at radius 1 is 1.19 bits per heavy atom. The van der Waals surface area contributed by atoms with Crippen LogP contribution in [0.5, 0.6) is 0 Å². The van der Waals surface area contributed by atoms with Crippen molar-refractivity contribution in [2.75, 3.05) is 0 Å². The Morgan fingerprint density at radius 3 is 2.43 bits per heavy atom. The molecule has 1 saturated heterocycles. The number of rotatable bonds is 4. The maximum Gasteiger partial charge on any atom is 0.241 e. The Balaban J connectivity index is 1.69. The molecule has 1 N–H and O–H groups in total. The molecule has 0 radical (unpaired) electrons. The first-order chi connectivity index (χ1) is 10.1. The lowest BCUT2D eigenvalue weighted by Crippen LogP contribution is -2.42. The van der Waals surface area contributed by atoms with Crippen LogP contribution in [0.4, 0.5) is 0 Å². The molecule has 3 aliphatic rings. The van der Waals surface area contributed by atoms with Crippen LogP contribution in [-0.4, -0.2) is 22.9 Å². The van der Waals surface area contributed by atoms with Crippen LogP contribution in [0, 0.1) is 18.8 Å². The standard InChI is InChI=1S/C18H24N2O/c1-11-4-3-5-15(10-11)17-19-12(2)18(21)20(17)16(13-6-7-13)14-8-9-14/h3-5,10,12-14,16-17,19H,6-9H2,1-2H3. The van der Waals surface area contributed by atoms with Crippen molar-refractivity contribution in [3.05, 3.63) is 35.4 Å². The molecule has 4 rings (SSSR count). The highest BCUT2D eigenvalue weighted by Crippen LogP contribution is 2.49. The average Bonchev–Trinajstić information content (AvgIpc) is 3.35. The molecule has 2 saturated carbocycles. The van der Waals surface area contributed by atoms with Gasteiger partial charge in [-0.05, 0) is 56.9 Å². The molecule has 112 valence electrons. The van der Waals surface area contributed by atoms with Crippen molar-refractivity contribution in [1.29, 1.82) is 0 Å². The molecule has 2 unspecified atom stereocenters. The second-order valence-corrected chi connectivity index (χ2v) is 7.12. The summed E-state index contributed by atoms with van der Waals surface area (Å²) in [7, 11) is 0. The minimum absolute atomic E-state index is 0.0597. The molecule has 1 aromatic rings. The predicted molar refractivity (Wildman–Crippen MR) is 82.6 cm³/mol. The number of nitrogens with one attached hydrogen (secondary N) is 1. The smallest absolute Gasteiger partial charge is 0.241 e. The van der Waals surface area contributed by atoms with Gasteiger partial charge in [0, 0.05) is 6.04 Å². The molecule has 2 atom stereocenters. The normalized spacial score (nSPS) is 29.5. The van der Waals surface area contributed by atoms with E-state index in [2.05, 4.69) is 41.4 Å². The zero-order valence-corrected chi connectivity index (χ0v) is 12.9. The average molecular weight is 284 g/mol. The Kier molecular flexibility index (Phi) is 3.07. The third-order valence-corrected chi connectivity index (χ3v) is 5.20. The van der Waals surface area contributed by atoms with Crippen LogP contribution in [-0.2, 0) is 4.79 Å². The summed E-state index contributed by atoms with van der Waals surface area (Å²) in [6.07, 6.45) is 5.29. The molecule has 1 aromatic carbocycles. The highest BCUT2D eigenvalue weighted by Gasteiger charge is 2.51. The van der Waals surface area contributed by atoms with Crippen LogP contribution in [0.3, 0.4) is 0 Å². The van der Waals surface area contributed by atoms with E-state index in [1.54, 1.807) is 0 Å². The highest BCUT2D eigenvalue weighted by atomic mass is 16.2. The fraction of sp³-hybridized carbons (Fsp3) is 0.611. The summed E-state index contributed by atoms with van der Waals surface area (Å²) in [5, 5.41) is 3.52. The van der Waals surface area contributed by atoms with Crippen LogP contribution in [0.25, 0.3) is 0 Å². The molecule has 0 aromatic heterocycles. The van der Waals surface area contributed by atoms with Gasteiger partial charge >= 0.3 is 0 Å². The van der Waals surface area contributed by atoms with Gasteiger partial charge in [-0.2, -0.15) is 0 Å². The largest absolute Gasteiger partial charge is 0.318 e. The maximum absolute atomic E-state index is 12.7. The Bertz CT molecular complexity index is 550. The van der Waals surface area contributed by atoms with E-state index in [-0.39, 0.29) is 12.2 Å². The molecule has 0 spiro atoms. The van der Waals surface area contributed by atoms with Gasteiger partial charge in [-0.3, -0.25) is 10.1 Å². The summed E-state index contributed by atoms with van der Waals surface area (Å²) in [6.45, 7) is 4.12. The quantitative estimate of drug-likeness (QED) is 0.922. The highest BCUT2D eigenvalue weighted by molar-refractivity contribution is 5.84. The third-order valence-electron chi connectivity index (χ3n) is 5.20. The summed E-state index contributed by atoms with van der Waals surface area (Å²) < 4.78 is 0. The first kappa shape index (κ1) is 13.3. The predicted octanol–water partition coefficient (Wildman–Crippen LogP) is 3.00. The number of hydrogen-bond acceptors (Lipinski definition) is 2. The van der Waals surface area contributed by atoms with Crippen molar-refractivity contribution < 1.29 is 4.79 Å². The monoisotopic (exact) mass is 284 g/mol. The molecule has 3 heteroatoms. The summed E-state index contributed by atoms with van der Waals surface area (Å²) in [5.74, 6) is 1.80. The topological polar surface area (TPSA) is 32.3 Å². The van der Waals surface area contributed by atoms with E-state index in [9.17, 15) is 4.79 Å². The van der Waals surface area contributed by atoms with Crippen molar-refractivity contribution >= 4 is 5.91 Å². The van der Waals surface area contributed by atoms with Gasteiger partial charge in [0.15, 0.2) is 0 Å². The van der Waals surface area contributed by atoms with E-state index in [1.165, 1.54) is 36.8 Å². The zero-order valence-electron chi connectivity index (χ0n) is 12.9. The van der Waals surface area contributed by atoms with Gasteiger partial charge in [0.05, 0.1) is 6.04 Å². The van der Waals surface area contributed by atoms with Gasteiger partial charge < -0.3 is 4.90 Å². The van der Waals surface area contributed by atoms with Crippen molar-refractivity contribution in [2.24, 2.45) is 11.8 Å². The van der Waals surface area contributed by atoms with E-state index in [1.807, 2.05) is 6.92 Å². The fourth-order valence-electron chi connectivity index (χ4n) is 3.87. The second-order valence-electron chi connectivity index (χ2n) is 7.12. The molecular weight excluding hydrogens is 260 g/mol. The van der Waals surface area contributed by atoms with Crippen molar-refractivity contribution in [3.8, 4) is 0 Å². The van der Waals surface area contributed by atoms with Gasteiger partial charge in [-0.25, -0.2) is 0 Å². The third kappa shape index (κ3) is 2.38. The molecular formula is C18H24N2O. The molecule has 2 aliphatic carbocycles. The number of carbonyl (C=O) groups excluding carboxylic acids is 1. The van der Waals surface area contributed by atoms with Crippen LogP contribution < -0.4 is 5.32 Å². The molecule has 1 heterocycles. The zero-order chi connectivity index (χ0) is 14.6. The van der Waals surface area contributed by atoms with E-state index in [4.69, 9.17) is 0 Å². The van der Waals surface area contributed by atoms with Gasteiger partial charge in [-0.1, -0.05) is 29.8 Å². The van der Waals surface area contributed by atoms with Gasteiger partial charge in [0.2, 0.25) is 5.91 Å². The lowest BCUT2D eigenvalue weighted by Gasteiger charge is -2.33. The lowest BCUT2D eigenvalue weighted by atomic mass is 10.0.